The summed E-state index contributed by atoms with van der Waals surface area (Å²) >= 11 is 0. The standard InChI is InChI=1S/C20H25FN2O3/c1-3-5-18(24)23-11-9-20(14-23)8-4-10-22(19(20)25)13-15-12-16(26-2)6-7-17(15)21/h3,6-7,12H,1,4-5,8-11,13-14H2,2H3/t20-/m1/s1. The Labute approximate surface area is 153 Å². The Kier molecular flexibility index (Phi) is 5.30. The van der Waals surface area contributed by atoms with Gasteiger partial charge in [0.15, 0.2) is 0 Å². The van der Waals surface area contributed by atoms with Crippen molar-refractivity contribution in [3.63, 3.8) is 0 Å². The molecule has 0 aromatic heterocycles. The zero-order valence-electron chi connectivity index (χ0n) is 15.2. The van der Waals surface area contributed by atoms with Crippen molar-refractivity contribution in [1.82, 2.24) is 9.80 Å². The lowest BCUT2D eigenvalue weighted by molar-refractivity contribution is -0.146. The predicted octanol–water partition coefficient (Wildman–Crippen LogP) is 2.75. The van der Waals surface area contributed by atoms with E-state index in [0.717, 1.165) is 12.8 Å². The molecule has 2 heterocycles. The van der Waals surface area contributed by atoms with Crippen molar-refractivity contribution in [3.8, 4) is 5.75 Å². The van der Waals surface area contributed by atoms with E-state index < -0.39 is 5.41 Å². The fraction of sp³-hybridized carbons (Fsp3) is 0.500. The molecular formula is C20H25FN2O3. The highest BCUT2D eigenvalue weighted by Crippen LogP contribution is 2.40. The van der Waals surface area contributed by atoms with Gasteiger partial charge < -0.3 is 14.5 Å². The van der Waals surface area contributed by atoms with Gasteiger partial charge in [-0.3, -0.25) is 9.59 Å². The Morgan fingerprint density at radius 2 is 2.19 bits per heavy atom. The summed E-state index contributed by atoms with van der Waals surface area (Å²) in [5, 5.41) is 0. The van der Waals surface area contributed by atoms with Gasteiger partial charge in [0.2, 0.25) is 11.8 Å². The molecule has 2 fully saturated rings. The minimum Gasteiger partial charge on any atom is -0.497 e. The molecule has 2 aliphatic heterocycles. The van der Waals surface area contributed by atoms with Gasteiger partial charge in [-0.25, -0.2) is 4.39 Å². The maximum absolute atomic E-state index is 14.2. The zero-order chi connectivity index (χ0) is 18.7. The molecule has 0 bridgehead atoms. The van der Waals surface area contributed by atoms with Crippen molar-refractivity contribution in [3.05, 3.63) is 42.2 Å². The average molecular weight is 360 g/mol. The van der Waals surface area contributed by atoms with E-state index in [1.54, 1.807) is 28.0 Å². The number of likely N-dealkylation sites (tertiary alicyclic amines) is 2. The third-order valence-electron chi connectivity index (χ3n) is 5.46. The van der Waals surface area contributed by atoms with Crippen LogP contribution >= 0.6 is 0 Å². The lowest BCUT2D eigenvalue weighted by Crippen LogP contribution is -2.50. The van der Waals surface area contributed by atoms with Crippen LogP contribution in [0.25, 0.3) is 0 Å². The molecular weight excluding hydrogens is 335 g/mol. The van der Waals surface area contributed by atoms with Gasteiger partial charge in [-0.2, -0.15) is 0 Å². The van der Waals surface area contributed by atoms with Crippen molar-refractivity contribution >= 4 is 11.8 Å². The molecule has 2 amide bonds. The quantitative estimate of drug-likeness (QED) is 0.759. The smallest absolute Gasteiger partial charge is 0.230 e. The molecule has 3 rings (SSSR count). The van der Waals surface area contributed by atoms with Crippen molar-refractivity contribution in [2.75, 3.05) is 26.7 Å². The molecule has 1 atom stereocenters. The first-order chi connectivity index (χ1) is 12.5. The van der Waals surface area contributed by atoms with E-state index in [0.29, 0.717) is 43.8 Å². The van der Waals surface area contributed by atoms with Crippen LogP contribution in [0.2, 0.25) is 0 Å². The molecule has 1 aromatic carbocycles. The van der Waals surface area contributed by atoms with Gasteiger partial charge in [-0.1, -0.05) is 6.08 Å². The van der Waals surface area contributed by atoms with Gasteiger partial charge in [-0.05, 0) is 37.5 Å². The Balaban J connectivity index is 1.74. The molecule has 0 N–H and O–H groups in total. The second kappa shape index (κ2) is 7.48. The van der Waals surface area contributed by atoms with E-state index in [1.165, 1.54) is 13.2 Å². The Morgan fingerprint density at radius 3 is 2.92 bits per heavy atom. The van der Waals surface area contributed by atoms with Crippen molar-refractivity contribution in [2.45, 2.75) is 32.2 Å². The van der Waals surface area contributed by atoms with Crippen LogP contribution in [0.1, 0.15) is 31.2 Å². The van der Waals surface area contributed by atoms with E-state index in [9.17, 15) is 14.0 Å². The number of benzene rings is 1. The van der Waals surface area contributed by atoms with Crippen LogP contribution in [0, 0.1) is 11.2 Å². The van der Waals surface area contributed by atoms with Crippen LogP contribution in [0.15, 0.2) is 30.9 Å². The first kappa shape index (κ1) is 18.4. The highest BCUT2D eigenvalue weighted by Gasteiger charge is 2.49. The number of hydrogen-bond donors (Lipinski definition) is 0. The van der Waals surface area contributed by atoms with Crippen LogP contribution in [0.3, 0.4) is 0 Å². The topological polar surface area (TPSA) is 49.9 Å². The molecule has 26 heavy (non-hydrogen) atoms. The maximum atomic E-state index is 14.2. The molecule has 140 valence electrons. The molecule has 5 nitrogen and oxygen atoms in total. The fourth-order valence-corrected chi connectivity index (χ4v) is 4.02. The number of ether oxygens (including phenoxy) is 1. The first-order valence-electron chi connectivity index (χ1n) is 8.99. The number of hydrogen-bond acceptors (Lipinski definition) is 3. The van der Waals surface area contributed by atoms with E-state index in [1.807, 2.05) is 0 Å². The second-order valence-corrected chi connectivity index (χ2v) is 7.13. The number of amides is 2. The Hall–Kier alpha value is -2.37. The molecule has 1 aromatic rings. The largest absolute Gasteiger partial charge is 0.497 e. The van der Waals surface area contributed by atoms with Gasteiger partial charge >= 0.3 is 0 Å². The second-order valence-electron chi connectivity index (χ2n) is 7.13. The van der Waals surface area contributed by atoms with Gasteiger partial charge in [-0.15, -0.1) is 6.58 Å². The minimum atomic E-state index is -0.523. The van der Waals surface area contributed by atoms with E-state index in [4.69, 9.17) is 4.74 Å². The number of carbonyl (C=O) groups is 2. The van der Waals surface area contributed by atoms with E-state index in [-0.39, 0.29) is 24.2 Å². The number of methoxy groups -OCH3 is 1. The number of piperidine rings is 1. The molecule has 0 saturated carbocycles. The van der Waals surface area contributed by atoms with Gasteiger partial charge in [0.05, 0.1) is 12.5 Å². The Bertz CT molecular complexity index is 721. The summed E-state index contributed by atoms with van der Waals surface area (Å²) in [5.74, 6) is 0.274. The Morgan fingerprint density at radius 1 is 1.38 bits per heavy atom. The van der Waals surface area contributed by atoms with Gasteiger partial charge in [0.25, 0.3) is 0 Å². The van der Waals surface area contributed by atoms with Crippen LogP contribution in [-0.2, 0) is 16.1 Å². The van der Waals surface area contributed by atoms with E-state index in [2.05, 4.69) is 6.58 Å². The molecule has 2 aliphatic rings. The predicted molar refractivity (Wildman–Crippen MR) is 96.0 cm³/mol. The van der Waals surface area contributed by atoms with Gasteiger partial charge in [0.1, 0.15) is 11.6 Å². The third-order valence-corrected chi connectivity index (χ3v) is 5.46. The number of nitrogens with zero attached hydrogens (tertiary/aromatic N) is 2. The fourth-order valence-electron chi connectivity index (χ4n) is 4.02. The molecule has 0 unspecified atom stereocenters. The van der Waals surface area contributed by atoms with Crippen LogP contribution in [-0.4, -0.2) is 48.4 Å². The normalized spacial score (nSPS) is 22.8. The molecule has 1 spiro atoms. The van der Waals surface area contributed by atoms with Crippen molar-refractivity contribution < 1.29 is 18.7 Å². The molecule has 0 aliphatic carbocycles. The molecule has 6 heteroatoms. The third kappa shape index (κ3) is 3.45. The highest BCUT2D eigenvalue weighted by molar-refractivity contribution is 5.86. The van der Waals surface area contributed by atoms with Crippen LogP contribution < -0.4 is 4.74 Å². The highest BCUT2D eigenvalue weighted by atomic mass is 19.1. The summed E-state index contributed by atoms with van der Waals surface area (Å²) in [6.07, 6.45) is 4.20. The van der Waals surface area contributed by atoms with Crippen LogP contribution in [0.4, 0.5) is 4.39 Å². The number of rotatable bonds is 5. The zero-order valence-corrected chi connectivity index (χ0v) is 15.2. The maximum Gasteiger partial charge on any atom is 0.230 e. The summed E-state index contributed by atoms with van der Waals surface area (Å²) in [5.41, 5.74) is -0.0722. The number of halogens is 1. The molecule has 2 saturated heterocycles. The molecule has 0 radical (unpaired) electrons. The summed E-state index contributed by atoms with van der Waals surface area (Å²) < 4.78 is 19.3. The number of carbonyl (C=O) groups excluding carboxylic acids is 2. The lowest BCUT2D eigenvalue weighted by atomic mass is 9.78. The lowest BCUT2D eigenvalue weighted by Gasteiger charge is -2.39. The summed E-state index contributed by atoms with van der Waals surface area (Å²) in [6, 6.07) is 4.57. The summed E-state index contributed by atoms with van der Waals surface area (Å²) in [7, 11) is 1.53. The van der Waals surface area contributed by atoms with Crippen molar-refractivity contribution in [1.29, 1.82) is 0 Å². The van der Waals surface area contributed by atoms with Crippen molar-refractivity contribution in [2.24, 2.45) is 5.41 Å². The van der Waals surface area contributed by atoms with Gasteiger partial charge in [0, 0.05) is 38.2 Å². The SMILES string of the molecule is C=CCC(=O)N1CC[C@]2(CCCN(Cc3cc(OC)ccc3F)C2=O)C1. The monoisotopic (exact) mass is 360 g/mol. The minimum absolute atomic E-state index is 0.0145. The summed E-state index contributed by atoms with van der Waals surface area (Å²) in [6.45, 7) is 5.49. The van der Waals surface area contributed by atoms with E-state index >= 15 is 0 Å². The first-order valence-corrected chi connectivity index (χ1v) is 8.99. The average Bonchev–Trinajstić information content (AvgIpc) is 3.06. The summed E-state index contributed by atoms with van der Waals surface area (Å²) in [4.78, 5) is 28.8. The van der Waals surface area contributed by atoms with Crippen LogP contribution in [0.5, 0.6) is 5.75 Å².